The SMILES string of the molecule is C[C@H](N)c1nc(C2CSCCN2C)no1. The van der Waals surface area contributed by atoms with E-state index in [-0.39, 0.29) is 12.1 Å². The average Bonchev–Trinajstić information content (AvgIpc) is 2.67. The minimum Gasteiger partial charge on any atom is -0.338 e. The number of rotatable bonds is 2. The minimum absolute atomic E-state index is 0.187. The lowest BCUT2D eigenvalue weighted by Crippen LogP contribution is -2.33. The fourth-order valence-corrected chi connectivity index (χ4v) is 2.74. The lowest BCUT2D eigenvalue weighted by molar-refractivity contribution is 0.256. The normalized spacial score (nSPS) is 25.4. The quantitative estimate of drug-likeness (QED) is 0.808. The Hall–Kier alpha value is -0.590. The Bertz CT molecular complexity index is 328. The van der Waals surface area contributed by atoms with Crippen molar-refractivity contribution in [3.05, 3.63) is 11.7 Å². The molecule has 0 aromatic carbocycles. The van der Waals surface area contributed by atoms with Crippen LogP contribution in [0.3, 0.4) is 0 Å². The summed E-state index contributed by atoms with van der Waals surface area (Å²) in [7, 11) is 2.09. The van der Waals surface area contributed by atoms with Gasteiger partial charge in [-0.3, -0.25) is 4.90 Å². The molecule has 1 aromatic heterocycles. The van der Waals surface area contributed by atoms with Crippen molar-refractivity contribution in [2.75, 3.05) is 25.1 Å². The van der Waals surface area contributed by atoms with Crippen LogP contribution in [-0.2, 0) is 0 Å². The number of nitrogens with two attached hydrogens (primary N) is 1. The third-order valence-corrected chi connectivity index (χ3v) is 3.56. The van der Waals surface area contributed by atoms with Gasteiger partial charge in [0.2, 0.25) is 5.89 Å². The predicted octanol–water partition coefficient (Wildman–Crippen LogP) is 0.809. The van der Waals surface area contributed by atoms with Crippen molar-refractivity contribution >= 4 is 11.8 Å². The lowest BCUT2D eigenvalue weighted by atomic mass is 10.2. The monoisotopic (exact) mass is 228 g/mol. The molecule has 1 aliphatic rings. The number of hydrogen-bond donors (Lipinski definition) is 1. The molecule has 0 spiro atoms. The molecule has 1 aliphatic heterocycles. The van der Waals surface area contributed by atoms with Crippen molar-refractivity contribution in [1.82, 2.24) is 15.0 Å². The number of hydrogen-bond acceptors (Lipinski definition) is 6. The topological polar surface area (TPSA) is 68.2 Å². The maximum absolute atomic E-state index is 5.68. The van der Waals surface area contributed by atoms with E-state index in [1.165, 1.54) is 5.75 Å². The van der Waals surface area contributed by atoms with Gasteiger partial charge in [-0.15, -0.1) is 0 Å². The highest BCUT2D eigenvalue weighted by atomic mass is 32.2. The molecule has 84 valence electrons. The molecule has 0 amide bonds. The number of nitrogens with zero attached hydrogens (tertiary/aromatic N) is 3. The van der Waals surface area contributed by atoms with Gasteiger partial charge in [-0.2, -0.15) is 16.7 Å². The Kier molecular flexibility index (Phi) is 3.28. The first-order chi connectivity index (χ1) is 7.18. The molecule has 2 N–H and O–H groups in total. The van der Waals surface area contributed by atoms with Gasteiger partial charge in [0.25, 0.3) is 0 Å². The Morgan fingerprint density at radius 3 is 3.07 bits per heavy atom. The van der Waals surface area contributed by atoms with E-state index in [2.05, 4.69) is 22.1 Å². The minimum atomic E-state index is -0.187. The van der Waals surface area contributed by atoms with Crippen molar-refractivity contribution in [2.24, 2.45) is 5.73 Å². The van der Waals surface area contributed by atoms with Gasteiger partial charge in [0.1, 0.15) is 0 Å². The maximum atomic E-state index is 5.68. The molecule has 2 heterocycles. The van der Waals surface area contributed by atoms with Gasteiger partial charge in [-0.05, 0) is 14.0 Å². The van der Waals surface area contributed by atoms with Gasteiger partial charge in [0, 0.05) is 18.1 Å². The summed E-state index contributed by atoms with van der Waals surface area (Å²) in [6, 6.07) is 0.0767. The van der Waals surface area contributed by atoms with E-state index >= 15 is 0 Å². The molecule has 1 saturated heterocycles. The van der Waals surface area contributed by atoms with E-state index in [4.69, 9.17) is 10.3 Å². The molecule has 2 atom stereocenters. The Morgan fingerprint density at radius 1 is 1.67 bits per heavy atom. The zero-order chi connectivity index (χ0) is 10.8. The molecule has 0 aliphatic carbocycles. The van der Waals surface area contributed by atoms with Crippen LogP contribution in [0.15, 0.2) is 4.52 Å². The summed E-state index contributed by atoms with van der Waals surface area (Å²) in [4.78, 5) is 6.58. The van der Waals surface area contributed by atoms with Gasteiger partial charge in [-0.1, -0.05) is 5.16 Å². The number of thioether (sulfide) groups is 1. The zero-order valence-corrected chi connectivity index (χ0v) is 9.83. The van der Waals surface area contributed by atoms with Crippen molar-refractivity contribution in [3.63, 3.8) is 0 Å². The molecule has 0 radical (unpaired) electrons. The van der Waals surface area contributed by atoms with E-state index < -0.39 is 0 Å². The van der Waals surface area contributed by atoms with Crippen molar-refractivity contribution in [1.29, 1.82) is 0 Å². The highest BCUT2D eigenvalue weighted by molar-refractivity contribution is 7.99. The van der Waals surface area contributed by atoms with Crippen LogP contribution < -0.4 is 5.73 Å². The second-order valence-corrected chi connectivity index (χ2v) is 5.00. The summed E-state index contributed by atoms with van der Waals surface area (Å²) in [5, 5.41) is 3.99. The van der Waals surface area contributed by atoms with Crippen LogP contribution in [0.4, 0.5) is 0 Å². The second kappa shape index (κ2) is 4.51. The maximum Gasteiger partial charge on any atom is 0.243 e. The van der Waals surface area contributed by atoms with Crippen molar-refractivity contribution in [3.8, 4) is 0 Å². The Morgan fingerprint density at radius 2 is 2.47 bits per heavy atom. The standard InChI is InChI=1S/C9H16N4OS/c1-6(10)9-11-8(12-14-9)7-5-15-4-3-13(7)2/h6-7H,3-5,10H2,1-2H3/t6-,7?/m0/s1. The van der Waals surface area contributed by atoms with E-state index in [1.54, 1.807) is 0 Å². The summed E-state index contributed by atoms with van der Waals surface area (Å²) < 4.78 is 5.11. The first kappa shape index (κ1) is 10.9. The van der Waals surface area contributed by atoms with E-state index in [0.717, 1.165) is 18.1 Å². The smallest absolute Gasteiger partial charge is 0.243 e. The molecule has 15 heavy (non-hydrogen) atoms. The third-order valence-electron chi connectivity index (χ3n) is 2.54. The summed E-state index contributed by atoms with van der Waals surface area (Å²) in [5.74, 6) is 3.48. The van der Waals surface area contributed by atoms with Gasteiger partial charge >= 0.3 is 0 Å². The van der Waals surface area contributed by atoms with E-state index in [9.17, 15) is 0 Å². The summed E-state index contributed by atoms with van der Waals surface area (Å²) in [5.41, 5.74) is 5.68. The molecule has 5 nitrogen and oxygen atoms in total. The molecule has 0 saturated carbocycles. The Labute approximate surface area is 93.4 Å². The first-order valence-corrected chi connectivity index (χ1v) is 6.21. The summed E-state index contributed by atoms with van der Waals surface area (Å²) in [6.45, 7) is 2.91. The van der Waals surface area contributed by atoms with Gasteiger partial charge < -0.3 is 10.3 Å². The largest absolute Gasteiger partial charge is 0.338 e. The fraction of sp³-hybridized carbons (Fsp3) is 0.778. The first-order valence-electron chi connectivity index (χ1n) is 5.05. The molecule has 1 unspecified atom stereocenters. The molecule has 1 fully saturated rings. The van der Waals surface area contributed by atoms with Crippen LogP contribution in [-0.4, -0.2) is 40.1 Å². The van der Waals surface area contributed by atoms with Crippen molar-refractivity contribution < 1.29 is 4.52 Å². The average molecular weight is 228 g/mol. The number of aromatic nitrogens is 2. The molecule has 1 aromatic rings. The molecular weight excluding hydrogens is 212 g/mol. The lowest BCUT2D eigenvalue weighted by Gasteiger charge is -2.29. The molecule has 6 heteroatoms. The molecular formula is C9H16N4OS. The van der Waals surface area contributed by atoms with Gasteiger partial charge in [0.15, 0.2) is 5.82 Å². The predicted molar refractivity (Wildman–Crippen MR) is 59.6 cm³/mol. The highest BCUT2D eigenvalue weighted by Gasteiger charge is 2.26. The van der Waals surface area contributed by atoms with Crippen LogP contribution in [0.2, 0.25) is 0 Å². The summed E-state index contributed by atoms with van der Waals surface area (Å²) in [6.07, 6.45) is 0. The van der Waals surface area contributed by atoms with Crippen LogP contribution in [0.25, 0.3) is 0 Å². The summed E-state index contributed by atoms with van der Waals surface area (Å²) >= 11 is 1.92. The third kappa shape index (κ3) is 2.32. The van der Waals surface area contributed by atoms with Gasteiger partial charge in [0.05, 0.1) is 12.1 Å². The second-order valence-electron chi connectivity index (χ2n) is 3.85. The molecule has 2 rings (SSSR count). The van der Waals surface area contributed by atoms with Crippen LogP contribution in [0.1, 0.15) is 30.7 Å². The zero-order valence-electron chi connectivity index (χ0n) is 9.01. The fourth-order valence-electron chi connectivity index (χ4n) is 1.53. The van der Waals surface area contributed by atoms with Crippen LogP contribution in [0.5, 0.6) is 0 Å². The molecule has 0 bridgehead atoms. The van der Waals surface area contributed by atoms with Crippen molar-refractivity contribution in [2.45, 2.75) is 19.0 Å². The Balaban J connectivity index is 2.13. The van der Waals surface area contributed by atoms with Crippen LogP contribution >= 0.6 is 11.8 Å². The van der Waals surface area contributed by atoms with Crippen LogP contribution in [0, 0.1) is 0 Å². The van der Waals surface area contributed by atoms with E-state index in [0.29, 0.717) is 5.89 Å². The van der Waals surface area contributed by atoms with E-state index in [1.807, 2.05) is 18.7 Å². The highest BCUT2D eigenvalue weighted by Crippen LogP contribution is 2.26. The van der Waals surface area contributed by atoms with Gasteiger partial charge in [-0.25, -0.2) is 0 Å².